The van der Waals surface area contributed by atoms with Gasteiger partial charge >= 0.3 is 0 Å². The highest BCUT2D eigenvalue weighted by atomic mass is 32.2. The first kappa shape index (κ1) is 28.6. The number of carbonyl (C=O) groups excluding carboxylic acids is 1. The van der Waals surface area contributed by atoms with Crippen LogP contribution in [0.3, 0.4) is 0 Å². The van der Waals surface area contributed by atoms with Crippen LogP contribution in [0.15, 0.2) is 0 Å². The van der Waals surface area contributed by atoms with Gasteiger partial charge < -0.3 is 60.6 Å². The molecule has 33 heavy (non-hydrogen) atoms. The summed E-state index contributed by atoms with van der Waals surface area (Å²) < 4.78 is 16.5. The van der Waals surface area contributed by atoms with Gasteiger partial charge in [-0.05, 0) is 12.2 Å². The molecule has 0 saturated carbocycles. The minimum absolute atomic E-state index is 0.234. The molecule has 2 rings (SSSR count). The molecule has 13 nitrogen and oxygen atoms in total. The van der Waals surface area contributed by atoms with Gasteiger partial charge in [0, 0.05) is 25.8 Å². The Kier molecular flexibility index (Phi) is 11.7. The summed E-state index contributed by atoms with van der Waals surface area (Å²) in [6, 6.07) is 0. The topological polar surface area (TPSA) is 216 Å². The van der Waals surface area contributed by atoms with Crippen molar-refractivity contribution in [1.29, 1.82) is 0 Å². The van der Waals surface area contributed by atoms with Gasteiger partial charge in [-0.15, -0.1) is 0 Å². The molecule has 0 unspecified atom stereocenters. The number of hydrogen-bond acceptors (Lipinski definition) is 13. The van der Waals surface area contributed by atoms with Crippen LogP contribution in [0.4, 0.5) is 0 Å². The summed E-state index contributed by atoms with van der Waals surface area (Å²) in [5.74, 6) is 1.09. The zero-order chi connectivity index (χ0) is 24.7. The van der Waals surface area contributed by atoms with Crippen molar-refractivity contribution >= 4 is 17.7 Å². The first-order valence-electron chi connectivity index (χ1n) is 10.8. The third kappa shape index (κ3) is 6.96. The fourth-order valence-corrected chi connectivity index (χ4v) is 4.52. The second kappa shape index (κ2) is 13.5. The molecule has 0 spiro atoms. The molecule has 0 bridgehead atoms. The van der Waals surface area contributed by atoms with Gasteiger partial charge in [0.05, 0.1) is 13.2 Å². The van der Waals surface area contributed by atoms with Crippen molar-refractivity contribution in [2.45, 2.75) is 74.7 Å². The Morgan fingerprint density at radius 1 is 0.939 bits per heavy atom. The number of nitrogens with zero attached hydrogens (tertiary/aromatic N) is 1. The summed E-state index contributed by atoms with van der Waals surface area (Å²) >= 11 is 1.61. The van der Waals surface area contributed by atoms with Crippen molar-refractivity contribution < 1.29 is 54.8 Å². The van der Waals surface area contributed by atoms with E-state index in [0.717, 1.165) is 11.5 Å². The summed E-state index contributed by atoms with van der Waals surface area (Å²) in [4.78, 5) is 13.4. The van der Waals surface area contributed by atoms with E-state index >= 15 is 0 Å². The van der Waals surface area contributed by atoms with Gasteiger partial charge in [-0.25, -0.2) is 0 Å². The van der Waals surface area contributed by atoms with Crippen LogP contribution in [0.5, 0.6) is 0 Å². The summed E-state index contributed by atoms with van der Waals surface area (Å²) in [7, 11) is 0. The zero-order valence-electron chi connectivity index (χ0n) is 18.4. The van der Waals surface area contributed by atoms with Gasteiger partial charge in [-0.1, -0.05) is 0 Å². The van der Waals surface area contributed by atoms with Crippen LogP contribution in [0, 0.1) is 0 Å². The van der Waals surface area contributed by atoms with Gasteiger partial charge in [0.1, 0.15) is 48.8 Å². The third-order valence-corrected chi connectivity index (χ3v) is 6.74. The summed E-state index contributed by atoms with van der Waals surface area (Å²) in [5.41, 5.74) is 5.45. The molecule has 0 aromatic heterocycles. The molecule has 2 heterocycles. The number of nitrogens with two attached hydrogens (primary N) is 1. The van der Waals surface area contributed by atoms with E-state index in [9.17, 15) is 40.5 Å². The molecule has 9 N–H and O–H groups in total. The lowest BCUT2D eigenvalue weighted by atomic mass is 9.96. The van der Waals surface area contributed by atoms with Gasteiger partial charge in [-0.2, -0.15) is 11.8 Å². The molecule has 0 aromatic carbocycles. The smallest absolute Gasteiger partial charge is 0.221 e. The van der Waals surface area contributed by atoms with Gasteiger partial charge in [-0.3, -0.25) is 4.79 Å². The Bertz CT molecular complexity index is 602. The molecule has 2 aliphatic rings. The van der Waals surface area contributed by atoms with Crippen molar-refractivity contribution in [3.05, 3.63) is 0 Å². The number of ether oxygens (including phenoxy) is 3. The maximum Gasteiger partial charge on any atom is 0.221 e. The lowest BCUT2D eigenvalue weighted by Crippen LogP contribution is -2.67. The summed E-state index contributed by atoms with van der Waals surface area (Å²) in [6.07, 6.45) is -14.5. The normalized spacial score (nSPS) is 39.4. The molecule has 14 heteroatoms. The summed E-state index contributed by atoms with van der Waals surface area (Å²) in [5, 5.41) is 70.5. The predicted octanol–water partition coefficient (Wildman–Crippen LogP) is -4.46. The van der Waals surface area contributed by atoms with Crippen molar-refractivity contribution in [2.24, 2.45) is 5.73 Å². The highest BCUT2D eigenvalue weighted by Gasteiger charge is 2.51. The molecule has 10 atom stereocenters. The van der Waals surface area contributed by atoms with E-state index in [1.807, 2.05) is 0 Å². The fourth-order valence-electron chi connectivity index (χ4n) is 3.81. The number of thioether (sulfide) groups is 1. The Morgan fingerprint density at radius 2 is 1.61 bits per heavy atom. The average Bonchev–Trinajstić information content (AvgIpc) is 2.79. The molecule has 0 aliphatic carbocycles. The molecule has 2 saturated heterocycles. The van der Waals surface area contributed by atoms with E-state index < -0.39 is 80.5 Å². The van der Waals surface area contributed by atoms with E-state index in [0.29, 0.717) is 13.0 Å². The molecule has 0 radical (unpaired) electrons. The third-order valence-electron chi connectivity index (χ3n) is 5.64. The lowest BCUT2D eigenvalue weighted by molar-refractivity contribution is -0.347. The molecular weight excluding hydrogens is 464 g/mol. The van der Waals surface area contributed by atoms with E-state index in [1.54, 1.807) is 11.8 Å². The summed E-state index contributed by atoms with van der Waals surface area (Å²) in [6.45, 7) is 0.712. The van der Waals surface area contributed by atoms with Crippen molar-refractivity contribution in [3.8, 4) is 0 Å². The molecule has 194 valence electrons. The number of rotatable bonds is 11. The number of aliphatic hydroxyl groups is 7. The Labute approximate surface area is 196 Å². The molecule has 1 amide bonds. The molecule has 0 aromatic rings. The Balaban J connectivity index is 2.10. The molecular formula is C19H36N2O11S. The minimum Gasteiger partial charge on any atom is -0.394 e. The lowest BCUT2D eigenvalue weighted by Gasteiger charge is -2.48. The first-order chi connectivity index (χ1) is 15.7. The quantitative estimate of drug-likeness (QED) is 0.126. The highest BCUT2D eigenvalue weighted by Crippen LogP contribution is 2.30. The number of aliphatic hydroxyl groups excluding tert-OH is 7. The predicted molar refractivity (Wildman–Crippen MR) is 115 cm³/mol. The standard InChI is InChI=1S/C19H36N2O11S/c1-9(24)21(4-2-5-33-6-3-20)18-15(28)14(27)17(11(8-23)30-18)32-19-16(29)13(26)12(25)10(7-22)31-19/h10-19,22-23,25-29H,2-8,20H2,1H3/t10-,11-,12-,13+,14-,15-,16-,17-,18-,19+/m1/s1. The average molecular weight is 501 g/mol. The monoisotopic (exact) mass is 500 g/mol. The van der Waals surface area contributed by atoms with Crippen molar-refractivity contribution in [1.82, 2.24) is 4.90 Å². The molecule has 2 fully saturated rings. The maximum absolute atomic E-state index is 12.2. The molecule has 2 aliphatic heterocycles. The largest absolute Gasteiger partial charge is 0.394 e. The van der Waals surface area contributed by atoms with Crippen molar-refractivity contribution in [2.75, 3.05) is 37.8 Å². The van der Waals surface area contributed by atoms with E-state index in [-0.39, 0.29) is 6.54 Å². The van der Waals surface area contributed by atoms with Crippen LogP contribution in [0.2, 0.25) is 0 Å². The van der Waals surface area contributed by atoms with Crippen LogP contribution in [-0.4, -0.2) is 146 Å². The van der Waals surface area contributed by atoms with Crippen LogP contribution in [0.25, 0.3) is 0 Å². The zero-order valence-corrected chi connectivity index (χ0v) is 19.2. The van der Waals surface area contributed by atoms with E-state index in [4.69, 9.17) is 19.9 Å². The van der Waals surface area contributed by atoms with E-state index in [2.05, 4.69) is 0 Å². The Hall–Kier alpha value is -0.620. The van der Waals surface area contributed by atoms with Crippen molar-refractivity contribution in [3.63, 3.8) is 0 Å². The number of hydrogen-bond donors (Lipinski definition) is 8. The fraction of sp³-hybridized carbons (Fsp3) is 0.947. The number of amides is 1. The van der Waals surface area contributed by atoms with E-state index in [1.165, 1.54) is 11.8 Å². The first-order valence-corrected chi connectivity index (χ1v) is 12.0. The van der Waals surface area contributed by atoms with Gasteiger partial charge in [0.25, 0.3) is 0 Å². The second-order valence-corrected chi connectivity index (χ2v) is 9.22. The van der Waals surface area contributed by atoms with Crippen LogP contribution >= 0.6 is 11.8 Å². The van der Waals surface area contributed by atoms with Crippen LogP contribution in [-0.2, 0) is 19.0 Å². The Morgan fingerprint density at radius 3 is 2.18 bits per heavy atom. The highest BCUT2D eigenvalue weighted by molar-refractivity contribution is 7.99. The van der Waals surface area contributed by atoms with Crippen LogP contribution in [0.1, 0.15) is 13.3 Å². The van der Waals surface area contributed by atoms with Gasteiger partial charge in [0.15, 0.2) is 12.5 Å². The SMILES string of the molecule is CC(=O)N(CCCSCCN)[C@@H]1O[C@H](CO)[C@@H](O[C@@H]2O[C@H](CO)[C@@H](O)[C@H](O)[C@H]2O)[C@H](O)[C@H]1O. The maximum atomic E-state index is 12.2. The number of carbonyl (C=O) groups is 1. The second-order valence-electron chi connectivity index (χ2n) is 7.99. The minimum atomic E-state index is -1.75. The van der Waals surface area contributed by atoms with Crippen LogP contribution < -0.4 is 5.73 Å². The van der Waals surface area contributed by atoms with Gasteiger partial charge in [0.2, 0.25) is 5.91 Å².